The molecule has 2 N–H and O–H groups in total. The van der Waals surface area contributed by atoms with Crippen LogP contribution in [0.4, 0.5) is 24.8 Å². The summed E-state index contributed by atoms with van der Waals surface area (Å²) in [6.07, 6.45) is -2.61. The second kappa shape index (κ2) is 6.46. The highest BCUT2D eigenvalue weighted by Crippen LogP contribution is 2.28. The summed E-state index contributed by atoms with van der Waals surface area (Å²) in [7, 11) is 2.00. The van der Waals surface area contributed by atoms with Crippen molar-refractivity contribution in [2.45, 2.75) is 32.0 Å². The van der Waals surface area contributed by atoms with Gasteiger partial charge in [0.2, 0.25) is 5.82 Å². The van der Waals surface area contributed by atoms with E-state index in [2.05, 4.69) is 25.5 Å². The minimum atomic E-state index is -4.55. The van der Waals surface area contributed by atoms with Crippen molar-refractivity contribution in [1.82, 2.24) is 14.9 Å². The van der Waals surface area contributed by atoms with Gasteiger partial charge in [-0.25, -0.2) is 9.97 Å². The third-order valence-corrected chi connectivity index (χ3v) is 3.31. The summed E-state index contributed by atoms with van der Waals surface area (Å²) in [6.45, 7) is 4.11. The van der Waals surface area contributed by atoms with Crippen LogP contribution in [0.1, 0.15) is 25.6 Å². The van der Waals surface area contributed by atoms with Crippen LogP contribution in [0.2, 0.25) is 0 Å². The van der Waals surface area contributed by atoms with E-state index in [0.29, 0.717) is 6.54 Å². The van der Waals surface area contributed by atoms with E-state index in [9.17, 15) is 13.2 Å². The minimum Gasteiger partial charge on any atom is -0.370 e. The number of nitrogens with zero attached hydrogens (tertiary/aromatic N) is 3. The molecule has 0 aliphatic carbocycles. The van der Waals surface area contributed by atoms with Crippen molar-refractivity contribution in [3.63, 3.8) is 0 Å². The van der Waals surface area contributed by atoms with Crippen molar-refractivity contribution in [2.75, 3.05) is 37.3 Å². The molecule has 1 aromatic rings. The Labute approximate surface area is 122 Å². The number of anilines is 2. The zero-order valence-electron chi connectivity index (χ0n) is 12.2. The number of likely N-dealkylation sites (tertiary alicyclic amines) is 1. The molecule has 21 heavy (non-hydrogen) atoms. The van der Waals surface area contributed by atoms with Crippen LogP contribution >= 0.6 is 0 Å². The average Bonchev–Trinajstić information content (AvgIpc) is 2.37. The van der Waals surface area contributed by atoms with E-state index in [1.165, 1.54) is 6.07 Å². The Kier molecular flexibility index (Phi) is 4.87. The first-order valence-electron chi connectivity index (χ1n) is 7.03. The SMILES string of the molecule is CCNc1cc(NC2CCCN(C)C2)nc(C(F)(F)F)n1. The van der Waals surface area contributed by atoms with Crippen LogP contribution in [0.25, 0.3) is 0 Å². The first kappa shape index (κ1) is 15.8. The van der Waals surface area contributed by atoms with Crippen molar-refractivity contribution in [3.8, 4) is 0 Å². The van der Waals surface area contributed by atoms with E-state index in [4.69, 9.17) is 0 Å². The number of hydrogen-bond donors (Lipinski definition) is 2. The molecule has 1 saturated heterocycles. The third kappa shape index (κ3) is 4.45. The molecule has 0 aromatic carbocycles. The average molecular weight is 303 g/mol. The van der Waals surface area contributed by atoms with Gasteiger partial charge in [0.05, 0.1) is 0 Å². The van der Waals surface area contributed by atoms with E-state index >= 15 is 0 Å². The van der Waals surface area contributed by atoms with Gasteiger partial charge in [0.15, 0.2) is 0 Å². The zero-order chi connectivity index (χ0) is 15.5. The maximum absolute atomic E-state index is 12.8. The Morgan fingerprint density at radius 3 is 2.67 bits per heavy atom. The van der Waals surface area contributed by atoms with Gasteiger partial charge in [-0.05, 0) is 33.4 Å². The highest BCUT2D eigenvalue weighted by Gasteiger charge is 2.35. The van der Waals surface area contributed by atoms with Crippen LogP contribution in [0.5, 0.6) is 0 Å². The largest absolute Gasteiger partial charge is 0.451 e. The number of rotatable bonds is 4. The first-order valence-corrected chi connectivity index (χ1v) is 7.03. The molecule has 1 fully saturated rings. The van der Waals surface area contributed by atoms with Crippen LogP contribution in [-0.2, 0) is 6.18 Å². The summed E-state index contributed by atoms with van der Waals surface area (Å²) in [5.41, 5.74) is 0. The highest BCUT2D eigenvalue weighted by atomic mass is 19.4. The van der Waals surface area contributed by atoms with E-state index in [0.717, 1.165) is 25.9 Å². The fraction of sp³-hybridized carbons (Fsp3) is 0.692. The lowest BCUT2D eigenvalue weighted by Crippen LogP contribution is -2.40. The quantitative estimate of drug-likeness (QED) is 0.895. The zero-order valence-corrected chi connectivity index (χ0v) is 12.2. The Hall–Kier alpha value is -1.57. The molecule has 1 atom stereocenters. The van der Waals surface area contributed by atoms with Crippen molar-refractivity contribution >= 4 is 11.6 Å². The molecular formula is C13H20F3N5. The summed E-state index contributed by atoms with van der Waals surface area (Å²) < 4.78 is 38.5. The summed E-state index contributed by atoms with van der Waals surface area (Å²) in [5.74, 6) is -0.715. The normalized spacial score (nSPS) is 20.3. The lowest BCUT2D eigenvalue weighted by atomic mass is 10.1. The number of aromatic nitrogens is 2. The molecule has 2 heterocycles. The molecule has 118 valence electrons. The van der Waals surface area contributed by atoms with E-state index in [1.54, 1.807) is 6.92 Å². The predicted octanol–water partition coefficient (Wildman–Crippen LogP) is 2.43. The molecule has 2 rings (SSSR count). The molecule has 1 aromatic heterocycles. The van der Waals surface area contributed by atoms with Crippen LogP contribution < -0.4 is 10.6 Å². The number of alkyl halides is 3. The minimum absolute atomic E-state index is 0.106. The second-order valence-corrected chi connectivity index (χ2v) is 5.24. The Bertz CT molecular complexity index is 477. The van der Waals surface area contributed by atoms with Gasteiger partial charge in [0, 0.05) is 25.2 Å². The summed E-state index contributed by atoms with van der Waals surface area (Å²) in [5, 5.41) is 5.89. The van der Waals surface area contributed by atoms with Gasteiger partial charge in [0.25, 0.3) is 0 Å². The smallest absolute Gasteiger partial charge is 0.370 e. The van der Waals surface area contributed by atoms with Crippen LogP contribution in [0.15, 0.2) is 6.07 Å². The van der Waals surface area contributed by atoms with E-state index in [1.807, 2.05) is 7.05 Å². The third-order valence-electron chi connectivity index (χ3n) is 3.31. The number of piperidine rings is 1. The van der Waals surface area contributed by atoms with Gasteiger partial charge in [0.1, 0.15) is 11.6 Å². The fourth-order valence-corrected chi connectivity index (χ4v) is 2.41. The van der Waals surface area contributed by atoms with Crippen LogP contribution in [0.3, 0.4) is 0 Å². The van der Waals surface area contributed by atoms with Crippen molar-refractivity contribution in [3.05, 3.63) is 11.9 Å². The summed E-state index contributed by atoms with van der Waals surface area (Å²) in [6, 6.07) is 1.63. The lowest BCUT2D eigenvalue weighted by Gasteiger charge is -2.30. The maximum Gasteiger partial charge on any atom is 0.451 e. The van der Waals surface area contributed by atoms with E-state index in [-0.39, 0.29) is 17.7 Å². The first-order chi connectivity index (χ1) is 9.88. The molecule has 0 bridgehead atoms. The highest BCUT2D eigenvalue weighted by molar-refractivity contribution is 5.48. The molecule has 8 heteroatoms. The number of nitrogens with one attached hydrogen (secondary N) is 2. The van der Waals surface area contributed by atoms with Crippen LogP contribution in [-0.4, -0.2) is 47.6 Å². The van der Waals surface area contributed by atoms with Gasteiger partial charge in [-0.1, -0.05) is 0 Å². The Morgan fingerprint density at radius 2 is 2.05 bits per heavy atom. The summed E-state index contributed by atoms with van der Waals surface area (Å²) >= 11 is 0. The number of halogens is 3. The van der Waals surface area contributed by atoms with Gasteiger partial charge < -0.3 is 15.5 Å². The summed E-state index contributed by atoms with van der Waals surface area (Å²) in [4.78, 5) is 9.26. The number of hydrogen-bond acceptors (Lipinski definition) is 5. The Morgan fingerprint density at radius 1 is 1.33 bits per heavy atom. The van der Waals surface area contributed by atoms with Crippen LogP contribution in [0, 0.1) is 0 Å². The second-order valence-electron chi connectivity index (χ2n) is 5.24. The molecule has 1 aliphatic rings. The lowest BCUT2D eigenvalue weighted by molar-refractivity contribution is -0.144. The molecule has 0 saturated carbocycles. The van der Waals surface area contributed by atoms with Gasteiger partial charge in [-0.3, -0.25) is 0 Å². The maximum atomic E-state index is 12.8. The standard InChI is InChI=1S/C13H20F3N5/c1-3-17-10-7-11(20-12(19-10)13(14,15)16)18-9-5-4-6-21(2)8-9/h7,9H,3-6,8H2,1-2H3,(H2,17,18,19,20). The molecule has 1 unspecified atom stereocenters. The Balaban J connectivity index is 2.19. The molecule has 0 amide bonds. The molecule has 0 radical (unpaired) electrons. The molecule has 5 nitrogen and oxygen atoms in total. The molecular weight excluding hydrogens is 283 g/mol. The van der Waals surface area contributed by atoms with Crippen molar-refractivity contribution < 1.29 is 13.2 Å². The number of likely N-dealkylation sites (N-methyl/N-ethyl adjacent to an activating group) is 1. The monoisotopic (exact) mass is 303 g/mol. The predicted molar refractivity (Wildman–Crippen MR) is 75.3 cm³/mol. The van der Waals surface area contributed by atoms with Gasteiger partial charge in [-0.2, -0.15) is 13.2 Å². The van der Waals surface area contributed by atoms with Gasteiger partial charge >= 0.3 is 6.18 Å². The molecule has 1 aliphatic heterocycles. The van der Waals surface area contributed by atoms with Gasteiger partial charge in [-0.15, -0.1) is 0 Å². The van der Waals surface area contributed by atoms with Crippen molar-refractivity contribution in [2.24, 2.45) is 0 Å². The van der Waals surface area contributed by atoms with Crippen molar-refractivity contribution in [1.29, 1.82) is 0 Å². The van der Waals surface area contributed by atoms with E-state index < -0.39 is 12.0 Å². The fourth-order valence-electron chi connectivity index (χ4n) is 2.41. The topological polar surface area (TPSA) is 53.1 Å². The molecule has 0 spiro atoms.